The molecule has 240 valence electrons. The Balaban J connectivity index is 1.28. The number of amides is 1. The van der Waals surface area contributed by atoms with Gasteiger partial charge in [0.2, 0.25) is 5.91 Å². The molecule has 0 unspecified atom stereocenters. The molecule has 1 saturated heterocycles. The fourth-order valence-corrected chi connectivity index (χ4v) is 6.57. The SMILES string of the molecule is COCCCc1ccccc1CC1(CO[C@H]2CN(C(=O)CCCCO[N+](=O)[O-])CC[C@@H]2c2cccc(-c3ccccc3)c2)CC1. The molecule has 2 fully saturated rings. The monoisotopic (exact) mass is 614 g/mol. The van der Waals surface area contributed by atoms with E-state index in [0.717, 1.165) is 45.1 Å². The van der Waals surface area contributed by atoms with Gasteiger partial charge in [-0.25, -0.2) is 0 Å². The number of likely N-dealkylation sites (tertiary alicyclic amines) is 1. The van der Waals surface area contributed by atoms with Gasteiger partial charge in [-0.1, -0.05) is 78.9 Å². The first-order chi connectivity index (χ1) is 22.0. The van der Waals surface area contributed by atoms with E-state index in [1.54, 1.807) is 7.11 Å². The van der Waals surface area contributed by atoms with Gasteiger partial charge in [0.15, 0.2) is 0 Å². The molecule has 0 bridgehead atoms. The third-order valence-electron chi connectivity index (χ3n) is 9.35. The lowest BCUT2D eigenvalue weighted by atomic mass is 9.85. The van der Waals surface area contributed by atoms with E-state index < -0.39 is 5.09 Å². The van der Waals surface area contributed by atoms with Crippen molar-refractivity contribution >= 4 is 5.91 Å². The second-order valence-electron chi connectivity index (χ2n) is 12.6. The van der Waals surface area contributed by atoms with Gasteiger partial charge in [0.25, 0.3) is 5.09 Å². The number of hydrogen-bond acceptors (Lipinski definition) is 6. The van der Waals surface area contributed by atoms with Crippen LogP contribution >= 0.6 is 0 Å². The standard InChI is InChI=1S/C37H46N2O6/c1-43-23-10-17-30-13-5-6-14-33(30)26-37(20-21-37)28-44-35-27-38(36(40)18-7-8-24-45-39(41)42)22-19-34(35)32-16-9-15-31(25-32)29-11-3-2-4-12-29/h2-6,9,11-16,25,34-35H,7-8,10,17-24,26-28H2,1H3/t34-,35+/m1/s1. The summed E-state index contributed by atoms with van der Waals surface area (Å²) >= 11 is 0. The fourth-order valence-electron chi connectivity index (χ4n) is 6.57. The number of carbonyl (C=O) groups excluding carboxylic acids is 1. The molecule has 1 aliphatic carbocycles. The molecule has 2 atom stereocenters. The molecule has 0 radical (unpaired) electrons. The van der Waals surface area contributed by atoms with E-state index in [-0.39, 0.29) is 30.0 Å². The van der Waals surface area contributed by atoms with E-state index >= 15 is 0 Å². The Labute approximate surface area is 266 Å². The fraction of sp³-hybridized carbons (Fsp3) is 0.486. The Morgan fingerprint density at radius 3 is 2.44 bits per heavy atom. The van der Waals surface area contributed by atoms with Crippen LogP contribution < -0.4 is 0 Å². The molecule has 0 aromatic heterocycles. The van der Waals surface area contributed by atoms with Crippen LogP contribution in [0, 0.1) is 15.5 Å². The van der Waals surface area contributed by atoms with Crippen molar-refractivity contribution < 1.29 is 24.2 Å². The summed E-state index contributed by atoms with van der Waals surface area (Å²) in [6.07, 6.45) is 7.43. The first-order valence-electron chi connectivity index (χ1n) is 16.3. The first kappa shape index (κ1) is 32.6. The molecule has 1 aliphatic heterocycles. The van der Waals surface area contributed by atoms with Crippen molar-refractivity contribution in [2.45, 2.75) is 69.8 Å². The third-order valence-corrected chi connectivity index (χ3v) is 9.35. The number of piperidine rings is 1. The van der Waals surface area contributed by atoms with Crippen molar-refractivity contribution in [2.24, 2.45) is 5.41 Å². The molecule has 2 aliphatic rings. The lowest BCUT2D eigenvalue weighted by Gasteiger charge is -2.39. The van der Waals surface area contributed by atoms with Crippen LogP contribution in [0.4, 0.5) is 0 Å². The van der Waals surface area contributed by atoms with E-state index in [9.17, 15) is 14.9 Å². The van der Waals surface area contributed by atoms with Gasteiger partial charge in [-0.2, -0.15) is 0 Å². The highest BCUT2D eigenvalue weighted by molar-refractivity contribution is 5.76. The van der Waals surface area contributed by atoms with Gasteiger partial charge in [-0.3, -0.25) is 4.79 Å². The topological polar surface area (TPSA) is 91.1 Å². The van der Waals surface area contributed by atoms with Crippen LogP contribution in [0.2, 0.25) is 0 Å². The zero-order valence-corrected chi connectivity index (χ0v) is 26.4. The first-order valence-corrected chi connectivity index (χ1v) is 16.3. The van der Waals surface area contributed by atoms with Gasteiger partial charge in [0, 0.05) is 39.1 Å². The predicted molar refractivity (Wildman–Crippen MR) is 174 cm³/mol. The van der Waals surface area contributed by atoms with E-state index in [0.29, 0.717) is 39.0 Å². The largest absolute Gasteiger partial charge is 0.385 e. The van der Waals surface area contributed by atoms with E-state index in [1.807, 2.05) is 11.0 Å². The molecule has 0 spiro atoms. The third kappa shape index (κ3) is 9.38. The average Bonchev–Trinajstić information content (AvgIpc) is 3.84. The smallest absolute Gasteiger partial charge is 0.294 e. The maximum Gasteiger partial charge on any atom is 0.294 e. The van der Waals surface area contributed by atoms with Gasteiger partial charge < -0.3 is 19.2 Å². The molecule has 45 heavy (non-hydrogen) atoms. The quantitative estimate of drug-likeness (QED) is 0.0921. The number of unbranched alkanes of at least 4 members (excludes halogenated alkanes) is 1. The van der Waals surface area contributed by atoms with Crippen molar-refractivity contribution in [1.82, 2.24) is 4.90 Å². The summed E-state index contributed by atoms with van der Waals surface area (Å²) in [7, 11) is 1.75. The Morgan fingerprint density at radius 1 is 0.933 bits per heavy atom. The Kier molecular flexibility index (Phi) is 11.6. The van der Waals surface area contributed by atoms with Crippen LogP contribution in [0.25, 0.3) is 11.1 Å². The van der Waals surface area contributed by atoms with E-state index in [1.165, 1.54) is 27.8 Å². The molecular formula is C37H46N2O6. The molecular weight excluding hydrogens is 568 g/mol. The maximum absolute atomic E-state index is 13.2. The summed E-state index contributed by atoms with van der Waals surface area (Å²) in [6, 6.07) is 27.9. The number of benzene rings is 3. The molecule has 0 N–H and O–H groups in total. The molecule has 8 heteroatoms. The highest BCUT2D eigenvalue weighted by Crippen LogP contribution is 2.50. The maximum atomic E-state index is 13.2. The minimum absolute atomic E-state index is 0.0173. The number of ether oxygens (including phenoxy) is 2. The molecule has 1 amide bonds. The van der Waals surface area contributed by atoms with Crippen molar-refractivity contribution in [3.8, 4) is 11.1 Å². The molecule has 3 aromatic rings. The van der Waals surface area contributed by atoms with Crippen LogP contribution in [0.15, 0.2) is 78.9 Å². The van der Waals surface area contributed by atoms with Gasteiger partial charge in [-0.05, 0) is 84.6 Å². The summed E-state index contributed by atoms with van der Waals surface area (Å²) in [5.41, 5.74) is 6.56. The highest BCUT2D eigenvalue weighted by atomic mass is 16.9. The predicted octanol–water partition coefficient (Wildman–Crippen LogP) is 7.04. The zero-order valence-electron chi connectivity index (χ0n) is 26.4. The van der Waals surface area contributed by atoms with E-state index in [4.69, 9.17) is 9.47 Å². The number of aryl methyl sites for hydroxylation is 1. The van der Waals surface area contributed by atoms with Crippen LogP contribution in [0.5, 0.6) is 0 Å². The summed E-state index contributed by atoms with van der Waals surface area (Å²) in [5, 5.41) is 9.64. The summed E-state index contributed by atoms with van der Waals surface area (Å²) in [6.45, 7) is 2.68. The summed E-state index contributed by atoms with van der Waals surface area (Å²) in [5.74, 6) is 0.260. The number of carbonyl (C=O) groups is 1. The number of hydrogen-bond donors (Lipinski definition) is 0. The lowest BCUT2D eigenvalue weighted by molar-refractivity contribution is -0.757. The molecule has 1 heterocycles. The Hall–Kier alpha value is -3.75. The normalized spacial score (nSPS) is 18.8. The van der Waals surface area contributed by atoms with Gasteiger partial charge in [0.05, 0.1) is 19.3 Å². The van der Waals surface area contributed by atoms with Crippen molar-refractivity contribution in [3.05, 3.63) is 106 Å². The molecule has 1 saturated carbocycles. The van der Waals surface area contributed by atoms with Gasteiger partial charge >= 0.3 is 0 Å². The van der Waals surface area contributed by atoms with Crippen LogP contribution in [0.1, 0.15) is 67.6 Å². The number of methoxy groups -OCH3 is 1. The minimum Gasteiger partial charge on any atom is -0.385 e. The number of nitrogens with zero attached hydrogens (tertiary/aromatic N) is 2. The minimum atomic E-state index is -0.784. The molecule has 5 rings (SSSR count). The summed E-state index contributed by atoms with van der Waals surface area (Å²) < 4.78 is 12.2. The molecule has 8 nitrogen and oxygen atoms in total. The van der Waals surface area contributed by atoms with Crippen LogP contribution in [0.3, 0.4) is 0 Å². The lowest BCUT2D eigenvalue weighted by Crippen LogP contribution is -2.47. The van der Waals surface area contributed by atoms with E-state index in [2.05, 4.69) is 77.6 Å². The second kappa shape index (κ2) is 16.0. The molecule has 3 aromatic carbocycles. The van der Waals surface area contributed by atoms with Crippen LogP contribution in [-0.2, 0) is 31.9 Å². The average molecular weight is 615 g/mol. The van der Waals surface area contributed by atoms with Crippen molar-refractivity contribution in [1.29, 1.82) is 0 Å². The summed E-state index contributed by atoms with van der Waals surface area (Å²) in [4.78, 5) is 30.0. The Bertz CT molecular complexity index is 1390. The van der Waals surface area contributed by atoms with Gasteiger partial charge in [-0.15, -0.1) is 10.1 Å². The van der Waals surface area contributed by atoms with Gasteiger partial charge in [0.1, 0.15) is 0 Å². The highest BCUT2D eigenvalue weighted by Gasteiger charge is 2.45. The second-order valence-corrected chi connectivity index (χ2v) is 12.6. The number of rotatable bonds is 17. The van der Waals surface area contributed by atoms with Crippen molar-refractivity contribution in [2.75, 3.05) is 40.0 Å². The van der Waals surface area contributed by atoms with Crippen molar-refractivity contribution in [3.63, 3.8) is 0 Å². The van der Waals surface area contributed by atoms with Crippen LogP contribution in [-0.4, -0.2) is 62.0 Å². The zero-order chi connectivity index (χ0) is 31.5. The Morgan fingerprint density at radius 2 is 1.69 bits per heavy atom.